The molecule has 5 nitrogen and oxygen atoms in total. The Labute approximate surface area is 170 Å². The fourth-order valence-corrected chi connectivity index (χ4v) is 2.78. The van der Waals surface area contributed by atoms with Crippen LogP contribution in [0.3, 0.4) is 0 Å². The number of nitrogens with one attached hydrogen (secondary N) is 1. The van der Waals surface area contributed by atoms with Crippen LogP contribution in [0.4, 0.5) is 24.7 Å². The molecule has 0 spiro atoms. The molecule has 0 aliphatic heterocycles. The Hall–Kier alpha value is -3.13. The van der Waals surface area contributed by atoms with E-state index in [-0.39, 0.29) is 16.7 Å². The Morgan fingerprint density at radius 1 is 1.14 bits per heavy atom. The van der Waals surface area contributed by atoms with Crippen LogP contribution in [0.1, 0.15) is 21.5 Å². The maximum Gasteiger partial charge on any atom is 0.417 e. The van der Waals surface area contributed by atoms with Gasteiger partial charge in [0.1, 0.15) is 5.82 Å². The first-order chi connectivity index (χ1) is 13.8. The zero-order valence-corrected chi connectivity index (χ0v) is 16.0. The van der Waals surface area contributed by atoms with Crippen molar-refractivity contribution < 1.29 is 18.0 Å². The molecule has 0 fully saturated rings. The summed E-state index contributed by atoms with van der Waals surface area (Å²) < 4.78 is 38.0. The summed E-state index contributed by atoms with van der Waals surface area (Å²) in [4.78, 5) is 21.6. The normalized spacial score (nSPS) is 11.2. The van der Waals surface area contributed by atoms with Gasteiger partial charge in [-0.2, -0.15) is 13.2 Å². The van der Waals surface area contributed by atoms with E-state index in [0.717, 1.165) is 17.8 Å². The lowest BCUT2D eigenvalue weighted by Gasteiger charge is -2.18. The second-order valence-corrected chi connectivity index (χ2v) is 6.58. The van der Waals surface area contributed by atoms with Gasteiger partial charge in [0.15, 0.2) is 0 Å². The van der Waals surface area contributed by atoms with Crippen LogP contribution in [0, 0.1) is 0 Å². The van der Waals surface area contributed by atoms with Gasteiger partial charge >= 0.3 is 6.18 Å². The molecule has 1 N–H and O–H groups in total. The molecule has 29 heavy (non-hydrogen) atoms. The Morgan fingerprint density at radius 3 is 2.38 bits per heavy atom. The molecule has 150 valence electrons. The molecule has 3 aromatic rings. The van der Waals surface area contributed by atoms with Crippen LogP contribution in [-0.4, -0.2) is 22.9 Å². The molecular weight excluding hydrogens is 405 g/mol. The molecule has 0 aliphatic rings. The summed E-state index contributed by atoms with van der Waals surface area (Å²) in [6.45, 7) is 0.306. The highest BCUT2D eigenvalue weighted by molar-refractivity contribution is 6.32. The summed E-state index contributed by atoms with van der Waals surface area (Å²) in [5.41, 5.74) is 1.16. The fraction of sp³-hybridized carbons (Fsp3) is 0.150. The molecule has 0 aliphatic carbocycles. The van der Waals surface area contributed by atoms with Gasteiger partial charge in [0.25, 0.3) is 5.91 Å². The smallest absolute Gasteiger partial charge is 0.365 e. The molecule has 0 bridgehead atoms. The van der Waals surface area contributed by atoms with Crippen molar-refractivity contribution in [2.24, 2.45) is 0 Å². The van der Waals surface area contributed by atoms with Crippen molar-refractivity contribution in [3.8, 4) is 0 Å². The minimum absolute atomic E-state index is 0.112. The van der Waals surface area contributed by atoms with Crippen LogP contribution >= 0.6 is 11.6 Å². The Morgan fingerprint density at radius 2 is 1.79 bits per heavy atom. The van der Waals surface area contributed by atoms with Crippen molar-refractivity contribution in [1.82, 2.24) is 9.97 Å². The molecule has 3 rings (SSSR count). The second kappa shape index (κ2) is 8.48. The van der Waals surface area contributed by atoms with Crippen molar-refractivity contribution in [2.45, 2.75) is 12.7 Å². The molecule has 0 saturated heterocycles. The largest absolute Gasteiger partial charge is 0.417 e. The van der Waals surface area contributed by atoms with Gasteiger partial charge in [-0.15, -0.1) is 0 Å². The van der Waals surface area contributed by atoms with Gasteiger partial charge in [0.2, 0.25) is 0 Å². The first-order valence-electron chi connectivity index (χ1n) is 8.49. The minimum Gasteiger partial charge on any atom is -0.365 e. The van der Waals surface area contributed by atoms with Crippen LogP contribution in [0.25, 0.3) is 0 Å². The van der Waals surface area contributed by atoms with Gasteiger partial charge < -0.3 is 10.2 Å². The highest BCUT2D eigenvalue weighted by Crippen LogP contribution is 2.32. The number of hydrogen-bond donors (Lipinski definition) is 1. The third-order valence-electron chi connectivity index (χ3n) is 4.18. The zero-order valence-electron chi connectivity index (χ0n) is 15.2. The lowest BCUT2D eigenvalue weighted by atomic mass is 10.1. The number of halogens is 4. The number of nitrogens with zero attached hydrogens (tertiary/aromatic N) is 3. The second-order valence-electron chi connectivity index (χ2n) is 6.17. The summed E-state index contributed by atoms with van der Waals surface area (Å²) in [6, 6.07) is 11.3. The van der Waals surface area contributed by atoms with E-state index in [1.165, 1.54) is 4.90 Å². The molecule has 0 unspecified atom stereocenters. The standard InChI is InChI=1S/C20H16ClF3N4O/c1-28(19(29)14-6-8-25-9-7-14)16-4-2-13(3-5-16)11-26-18-17(21)10-15(12-27-18)20(22,23)24/h2-10,12H,11H2,1H3,(H,26,27). The van der Waals surface area contributed by atoms with Crippen molar-refractivity contribution in [3.05, 3.63) is 82.8 Å². The Kier molecular flexibility index (Phi) is 6.03. The molecular formula is C20H16ClF3N4O. The minimum atomic E-state index is -4.50. The number of hydrogen-bond acceptors (Lipinski definition) is 4. The van der Waals surface area contributed by atoms with E-state index in [0.29, 0.717) is 17.8 Å². The van der Waals surface area contributed by atoms with Gasteiger partial charge in [0, 0.05) is 43.4 Å². The summed E-state index contributed by atoms with van der Waals surface area (Å²) >= 11 is 5.89. The van der Waals surface area contributed by atoms with Gasteiger partial charge in [-0.05, 0) is 35.9 Å². The van der Waals surface area contributed by atoms with Crippen LogP contribution in [-0.2, 0) is 12.7 Å². The molecule has 0 radical (unpaired) electrons. The highest BCUT2D eigenvalue weighted by atomic mass is 35.5. The number of anilines is 2. The average Bonchev–Trinajstić information content (AvgIpc) is 2.72. The van der Waals surface area contributed by atoms with E-state index in [4.69, 9.17) is 11.6 Å². The van der Waals surface area contributed by atoms with Crippen LogP contribution in [0.2, 0.25) is 5.02 Å². The number of benzene rings is 1. The number of alkyl halides is 3. The topological polar surface area (TPSA) is 58.1 Å². The van der Waals surface area contributed by atoms with Gasteiger partial charge in [-0.25, -0.2) is 4.98 Å². The Balaban J connectivity index is 1.65. The lowest BCUT2D eigenvalue weighted by molar-refractivity contribution is -0.137. The molecule has 0 atom stereocenters. The predicted molar refractivity (Wildman–Crippen MR) is 105 cm³/mol. The third-order valence-corrected chi connectivity index (χ3v) is 4.47. The van der Waals surface area contributed by atoms with Crippen molar-refractivity contribution in [3.63, 3.8) is 0 Å². The van der Waals surface area contributed by atoms with E-state index >= 15 is 0 Å². The summed E-state index contributed by atoms with van der Waals surface area (Å²) in [7, 11) is 1.67. The van der Waals surface area contributed by atoms with Gasteiger partial charge in [-0.3, -0.25) is 9.78 Å². The van der Waals surface area contributed by atoms with Crippen LogP contribution in [0.15, 0.2) is 61.1 Å². The number of aromatic nitrogens is 2. The quantitative estimate of drug-likeness (QED) is 0.628. The number of rotatable bonds is 5. The van der Waals surface area contributed by atoms with E-state index in [2.05, 4.69) is 15.3 Å². The van der Waals surface area contributed by atoms with E-state index < -0.39 is 11.7 Å². The van der Waals surface area contributed by atoms with E-state index in [9.17, 15) is 18.0 Å². The maximum atomic E-state index is 12.7. The third kappa shape index (κ3) is 5.03. The molecule has 0 saturated carbocycles. The maximum absolute atomic E-state index is 12.7. The summed E-state index contributed by atoms with van der Waals surface area (Å²) in [5, 5.41) is 2.80. The highest BCUT2D eigenvalue weighted by Gasteiger charge is 2.31. The number of amides is 1. The van der Waals surface area contributed by atoms with E-state index in [1.54, 1.807) is 55.8 Å². The fourth-order valence-electron chi connectivity index (χ4n) is 2.55. The number of carbonyl (C=O) groups excluding carboxylic acids is 1. The number of carbonyl (C=O) groups is 1. The van der Waals surface area contributed by atoms with Gasteiger partial charge in [-0.1, -0.05) is 23.7 Å². The molecule has 9 heteroatoms. The van der Waals surface area contributed by atoms with Crippen molar-refractivity contribution in [2.75, 3.05) is 17.3 Å². The van der Waals surface area contributed by atoms with Crippen LogP contribution in [0.5, 0.6) is 0 Å². The first-order valence-corrected chi connectivity index (χ1v) is 8.87. The van der Waals surface area contributed by atoms with Gasteiger partial charge in [0.05, 0.1) is 10.6 Å². The summed E-state index contributed by atoms with van der Waals surface area (Å²) in [6.07, 6.45) is -0.659. The molecule has 1 aromatic carbocycles. The zero-order chi connectivity index (χ0) is 21.0. The lowest BCUT2D eigenvalue weighted by Crippen LogP contribution is -2.26. The molecule has 1 amide bonds. The predicted octanol–water partition coefficient (Wildman–Crippen LogP) is 5.04. The first kappa shape index (κ1) is 20.6. The number of pyridine rings is 2. The Bertz CT molecular complexity index is 995. The van der Waals surface area contributed by atoms with Crippen molar-refractivity contribution in [1.29, 1.82) is 0 Å². The van der Waals surface area contributed by atoms with E-state index in [1.807, 2.05) is 0 Å². The van der Waals surface area contributed by atoms with Crippen molar-refractivity contribution >= 4 is 29.0 Å². The summed E-state index contributed by atoms with van der Waals surface area (Å²) in [5.74, 6) is -0.00672. The van der Waals surface area contributed by atoms with Crippen LogP contribution < -0.4 is 10.2 Å². The SMILES string of the molecule is CN(C(=O)c1ccncc1)c1ccc(CNc2ncc(C(F)(F)F)cc2Cl)cc1. The molecule has 2 heterocycles. The monoisotopic (exact) mass is 420 g/mol. The average molecular weight is 421 g/mol. The molecule has 2 aromatic heterocycles.